The van der Waals surface area contributed by atoms with Crippen LogP contribution in [0.25, 0.3) is 0 Å². The van der Waals surface area contributed by atoms with Crippen molar-refractivity contribution < 1.29 is 4.52 Å². The van der Waals surface area contributed by atoms with E-state index in [4.69, 9.17) is 10.3 Å². The smallest absolute Gasteiger partial charge is 0.139 e. The van der Waals surface area contributed by atoms with E-state index in [1.165, 1.54) is 6.33 Å². The molecule has 0 spiro atoms. The quantitative estimate of drug-likeness (QED) is 0.872. The van der Waals surface area contributed by atoms with Gasteiger partial charge in [0.2, 0.25) is 0 Å². The largest absolute Gasteiger partial charge is 0.383 e. The fraction of sp³-hybridized carbons (Fsp3) is 0.500. The predicted octanol–water partition coefficient (Wildman–Crippen LogP) is 2.79. The van der Waals surface area contributed by atoms with Crippen LogP contribution in [-0.2, 0) is 6.42 Å². The fourth-order valence-electron chi connectivity index (χ4n) is 2.43. The summed E-state index contributed by atoms with van der Waals surface area (Å²) in [4.78, 5) is 8.37. The van der Waals surface area contributed by atoms with Crippen molar-refractivity contribution in [3.05, 3.63) is 28.9 Å². The molecule has 0 saturated heterocycles. The third-order valence-corrected chi connectivity index (χ3v) is 3.35. The van der Waals surface area contributed by atoms with Gasteiger partial charge >= 0.3 is 0 Å². The first-order valence-electron chi connectivity index (χ1n) is 6.83. The van der Waals surface area contributed by atoms with Gasteiger partial charge in [-0.1, -0.05) is 18.5 Å². The molecule has 1 atom stereocenters. The van der Waals surface area contributed by atoms with Crippen LogP contribution in [0.15, 0.2) is 10.9 Å². The lowest BCUT2D eigenvalue weighted by Crippen LogP contribution is -2.13. The van der Waals surface area contributed by atoms with E-state index in [-0.39, 0.29) is 6.04 Å². The molecule has 0 aliphatic rings. The van der Waals surface area contributed by atoms with Crippen molar-refractivity contribution in [2.24, 2.45) is 0 Å². The fourth-order valence-corrected chi connectivity index (χ4v) is 2.43. The van der Waals surface area contributed by atoms with Crippen molar-refractivity contribution in [3.8, 4) is 0 Å². The van der Waals surface area contributed by atoms with E-state index in [2.05, 4.69) is 34.3 Å². The van der Waals surface area contributed by atoms with E-state index >= 15 is 0 Å². The number of aromatic nitrogens is 3. The highest BCUT2D eigenvalue weighted by atomic mass is 16.5. The van der Waals surface area contributed by atoms with Gasteiger partial charge in [-0.05, 0) is 27.2 Å². The van der Waals surface area contributed by atoms with Gasteiger partial charge in [-0.25, -0.2) is 9.97 Å². The molecular formula is C14H21N5O. The van der Waals surface area contributed by atoms with E-state index in [0.717, 1.165) is 41.2 Å². The van der Waals surface area contributed by atoms with Crippen LogP contribution in [0.1, 0.15) is 48.9 Å². The van der Waals surface area contributed by atoms with Gasteiger partial charge in [0, 0.05) is 11.1 Å². The molecule has 0 aromatic carbocycles. The van der Waals surface area contributed by atoms with Crippen LogP contribution >= 0.6 is 0 Å². The number of nitrogens with two attached hydrogens (primary N) is 1. The molecule has 108 valence electrons. The number of nitrogens with one attached hydrogen (secondary N) is 1. The second kappa shape index (κ2) is 5.90. The summed E-state index contributed by atoms with van der Waals surface area (Å²) in [5, 5.41) is 7.37. The molecule has 0 aliphatic heterocycles. The summed E-state index contributed by atoms with van der Waals surface area (Å²) in [6.07, 6.45) is 3.33. The van der Waals surface area contributed by atoms with E-state index in [9.17, 15) is 0 Å². The van der Waals surface area contributed by atoms with Crippen LogP contribution in [-0.4, -0.2) is 15.1 Å². The molecule has 6 nitrogen and oxygen atoms in total. The van der Waals surface area contributed by atoms with Gasteiger partial charge in [-0.2, -0.15) is 0 Å². The Balaban J connectivity index is 2.28. The number of nitrogens with zero attached hydrogens (tertiary/aromatic N) is 3. The zero-order valence-corrected chi connectivity index (χ0v) is 12.4. The maximum Gasteiger partial charge on any atom is 0.139 e. The topological polar surface area (TPSA) is 89.9 Å². The number of hydrogen-bond donors (Lipinski definition) is 2. The van der Waals surface area contributed by atoms with Crippen LogP contribution in [0.3, 0.4) is 0 Å². The second-order valence-electron chi connectivity index (χ2n) is 4.94. The van der Waals surface area contributed by atoms with Gasteiger partial charge in [0.1, 0.15) is 23.7 Å². The average molecular weight is 275 g/mol. The maximum atomic E-state index is 5.94. The Morgan fingerprint density at radius 1 is 1.35 bits per heavy atom. The number of rotatable bonds is 5. The van der Waals surface area contributed by atoms with E-state index < -0.39 is 0 Å². The van der Waals surface area contributed by atoms with Crippen LogP contribution in [0.5, 0.6) is 0 Å². The van der Waals surface area contributed by atoms with Gasteiger partial charge in [-0.3, -0.25) is 0 Å². The third kappa shape index (κ3) is 2.74. The minimum absolute atomic E-state index is 0.0474. The van der Waals surface area contributed by atoms with E-state index in [1.807, 2.05) is 13.8 Å². The van der Waals surface area contributed by atoms with Crippen LogP contribution in [0.4, 0.5) is 11.6 Å². The summed E-state index contributed by atoms with van der Waals surface area (Å²) >= 11 is 0. The Hall–Kier alpha value is -2.11. The lowest BCUT2D eigenvalue weighted by atomic mass is 10.1. The molecule has 0 radical (unpaired) electrons. The first kappa shape index (κ1) is 14.3. The molecule has 6 heteroatoms. The highest BCUT2D eigenvalue weighted by molar-refractivity contribution is 5.56. The Morgan fingerprint density at radius 2 is 2.10 bits per heavy atom. The summed E-state index contributed by atoms with van der Waals surface area (Å²) < 4.78 is 5.21. The zero-order chi connectivity index (χ0) is 14.7. The van der Waals surface area contributed by atoms with Gasteiger partial charge in [-0.15, -0.1) is 0 Å². The first-order valence-corrected chi connectivity index (χ1v) is 6.83. The van der Waals surface area contributed by atoms with Gasteiger partial charge in [0.15, 0.2) is 0 Å². The molecule has 2 aromatic rings. The average Bonchev–Trinajstić information content (AvgIpc) is 2.73. The first-order chi connectivity index (χ1) is 9.54. The molecule has 2 rings (SSSR count). The Bertz CT molecular complexity index is 574. The summed E-state index contributed by atoms with van der Waals surface area (Å²) in [6.45, 7) is 8.01. The maximum absolute atomic E-state index is 5.94. The number of hydrogen-bond acceptors (Lipinski definition) is 6. The van der Waals surface area contributed by atoms with Crippen molar-refractivity contribution in [1.82, 2.24) is 15.1 Å². The van der Waals surface area contributed by atoms with Crippen molar-refractivity contribution in [2.45, 2.75) is 46.6 Å². The molecule has 0 aliphatic carbocycles. The molecule has 0 saturated carbocycles. The van der Waals surface area contributed by atoms with Crippen molar-refractivity contribution >= 4 is 11.6 Å². The highest BCUT2D eigenvalue weighted by Crippen LogP contribution is 2.27. The van der Waals surface area contributed by atoms with Crippen LogP contribution in [0.2, 0.25) is 0 Å². The molecule has 20 heavy (non-hydrogen) atoms. The van der Waals surface area contributed by atoms with E-state index in [1.54, 1.807) is 0 Å². The molecule has 1 unspecified atom stereocenters. The number of nitrogen functional groups attached to an aromatic ring is 1. The molecule has 3 N–H and O–H groups in total. The summed E-state index contributed by atoms with van der Waals surface area (Å²) in [6, 6.07) is 0.0474. The minimum atomic E-state index is 0.0474. The lowest BCUT2D eigenvalue weighted by molar-refractivity contribution is 0.392. The lowest BCUT2D eigenvalue weighted by Gasteiger charge is -2.17. The predicted molar refractivity (Wildman–Crippen MR) is 78.5 cm³/mol. The molecule has 0 bridgehead atoms. The molecule has 2 heterocycles. The highest BCUT2D eigenvalue weighted by Gasteiger charge is 2.18. The van der Waals surface area contributed by atoms with Gasteiger partial charge in [0.05, 0.1) is 11.7 Å². The van der Waals surface area contributed by atoms with Crippen LogP contribution in [0, 0.1) is 13.8 Å². The SMILES string of the molecule is CCCc1c(N)ncnc1NC(C)c1c(C)noc1C. The Morgan fingerprint density at radius 3 is 2.70 bits per heavy atom. The molecular weight excluding hydrogens is 254 g/mol. The monoisotopic (exact) mass is 275 g/mol. The molecule has 0 fully saturated rings. The normalized spacial score (nSPS) is 12.4. The van der Waals surface area contributed by atoms with Gasteiger partial charge < -0.3 is 15.6 Å². The Labute approximate surface area is 118 Å². The zero-order valence-electron chi connectivity index (χ0n) is 12.4. The van der Waals surface area contributed by atoms with Crippen molar-refractivity contribution in [2.75, 3.05) is 11.1 Å². The number of anilines is 2. The summed E-state index contributed by atoms with van der Waals surface area (Å²) in [7, 11) is 0. The third-order valence-electron chi connectivity index (χ3n) is 3.35. The Kier molecular flexibility index (Phi) is 4.22. The second-order valence-corrected chi connectivity index (χ2v) is 4.94. The van der Waals surface area contributed by atoms with Gasteiger partial charge in [0.25, 0.3) is 0 Å². The summed E-state index contributed by atoms with van der Waals surface area (Å²) in [5.74, 6) is 2.14. The van der Waals surface area contributed by atoms with Crippen molar-refractivity contribution in [1.29, 1.82) is 0 Å². The van der Waals surface area contributed by atoms with Crippen LogP contribution < -0.4 is 11.1 Å². The molecule has 2 aromatic heterocycles. The number of aryl methyl sites for hydroxylation is 2. The van der Waals surface area contributed by atoms with E-state index in [0.29, 0.717) is 5.82 Å². The van der Waals surface area contributed by atoms with Crippen molar-refractivity contribution in [3.63, 3.8) is 0 Å². The molecule has 0 amide bonds. The standard InChI is InChI=1S/C14H21N5O/c1-5-6-11-13(15)16-7-17-14(11)18-8(2)12-9(3)19-20-10(12)4/h7-8H,5-6H2,1-4H3,(H3,15,16,17,18). The minimum Gasteiger partial charge on any atom is -0.383 e. The summed E-state index contributed by atoms with van der Waals surface area (Å²) in [5.41, 5.74) is 8.86.